The summed E-state index contributed by atoms with van der Waals surface area (Å²) in [6.45, 7) is 1.04. The van der Waals surface area contributed by atoms with E-state index >= 15 is 0 Å². The molecule has 2 fully saturated rings. The molecule has 0 radical (unpaired) electrons. The number of likely N-dealkylation sites (N-methyl/N-ethyl adjacent to an activating group) is 1. The molecule has 0 saturated carbocycles. The first kappa shape index (κ1) is 17.8. The molecule has 5 nitrogen and oxygen atoms in total. The third-order valence-corrected chi connectivity index (χ3v) is 5.03. The van der Waals surface area contributed by atoms with E-state index in [2.05, 4.69) is 16.3 Å². The van der Waals surface area contributed by atoms with E-state index in [9.17, 15) is 13.6 Å². The Morgan fingerprint density at radius 3 is 2.76 bits per heavy atom. The zero-order valence-corrected chi connectivity index (χ0v) is 14.2. The number of carbonyl (C=O) groups is 1. The lowest BCUT2D eigenvalue weighted by Crippen LogP contribution is -2.43. The molecule has 0 bridgehead atoms. The highest BCUT2D eigenvalue weighted by molar-refractivity contribution is 5.82. The van der Waals surface area contributed by atoms with E-state index < -0.39 is 12.5 Å². The molecule has 134 valence electrons. The highest BCUT2D eigenvalue weighted by atomic mass is 19.3. The normalized spacial score (nSPS) is 25.3. The third kappa shape index (κ3) is 4.14. The van der Waals surface area contributed by atoms with E-state index in [0.717, 1.165) is 5.56 Å². The second-order valence-electron chi connectivity index (χ2n) is 6.94. The molecule has 2 saturated heterocycles. The van der Waals surface area contributed by atoms with E-state index in [1.165, 1.54) is 4.90 Å². The summed E-state index contributed by atoms with van der Waals surface area (Å²) in [5.41, 5.74) is 1.72. The van der Waals surface area contributed by atoms with Gasteiger partial charge in [-0.1, -0.05) is 12.1 Å². The van der Waals surface area contributed by atoms with Crippen LogP contribution < -0.4 is 5.32 Å². The van der Waals surface area contributed by atoms with Crippen LogP contribution in [0.3, 0.4) is 0 Å². The Balaban J connectivity index is 1.53. The van der Waals surface area contributed by atoms with Crippen molar-refractivity contribution in [2.45, 2.75) is 37.4 Å². The van der Waals surface area contributed by atoms with Crippen molar-refractivity contribution in [1.29, 1.82) is 5.26 Å². The maximum absolute atomic E-state index is 13.3. The lowest BCUT2D eigenvalue weighted by atomic mass is 10.1. The average molecular weight is 348 g/mol. The van der Waals surface area contributed by atoms with Gasteiger partial charge >= 0.3 is 0 Å². The number of likely N-dealkylation sites (tertiary alicyclic amines) is 1. The number of nitrogens with zero attached hydrogens (tertiary/aromatic N) is 3. The first-order chi connectivity index (χ1) is 11.9. The summed E-state index contributed by atoms with van der Waals surface area (Å²) in [5, 5.41) is 12.0. The summed E-state index contributed by atoms with van der Waals surface area (Å²) in [4.78, 5) is 15.8. The maximum Gasteiger partial charge on any atom is 0.267 e. The average Bonchev–Trinajstić information content (AvgIpc) is 3.21. The van der Waals surface area contributed by atoms with Gasteiger partial charge in [0, 0.05) is 32.1 Å². The Morgan fingerprint density at radius 1 is 1.44 bits per heavy atom. The fraction of sp³-hybridized carbons (Fsp3) is 0.556. The molecule has 3 rings (SSSR count). The molecule has 25 heavy (non-hydrogen) atoms. The minimum atomic E-state index is -2.75. The number of hydrogen-bond donors (Lipinski definition) is 1. The van der Waals surface area contributed by atoms with Crippen molar-refractivity contribution in [1.82, 2.24) is 15.1 Å². The van der Waals surface area contributed by atoms with Crippen LogP contribution in [0.1, 0.15) is 24.0 Å². The Bertz CT molecular complexity index is 671. The second kappa shape index (κ2) is 7.06. The minimum Gasteiger partial charge on any atom is -0.335 e. The Kier molecular flexibility index (Phi) is 5.02. The van der Waals surface area contributed by atoms with Crippen LogP contribution in [-0.4, -0.2) is 60.4 Å². The first-order valence-electron chi connectivity index (χ1n) is 8.47. The van der Waals surface area contributed by atoms with Gasteiger partial charge in [-0.05, 0) is 31.2 Å². The number of amides is 1. The van der Waals surface area contributed by atoms with E-state index in [1.54, 1.807) is 12.1 Å². The summed E-state index contributed by atoms with van der Waals surface area (Å²) in [5.74, 6) is -2.97. The summed E-state index contributed by atoms with van der Waals surface area (Å²) in [6, 6.07) is 9.30. The van der Waals surface area contributed by atoms with Gasteiger partial charge in [0.05, 0.1) is 24.2 Å². The summed E-state index contributed by atoms with van der Waals surface area (Å²) >= 11 is 0. The van der Waals surface area contributed by atoms with Gasteiger partial charge in [-0.2, -0.15) is 5.26 Å². The molecule has 0 spiro atoms. The highest BCUT2D eigenvalue weighted by Crippen LogP contribution is 2.28. The van der Waals surface area contributed by atoms with Gasteiger partial charge in [-0.25, -0.2) is 8.78 Å². The zero-order chi connectivity index (χ0) is 18.0. The molecule has 1 aromatic rings. The summed E-state index contributed by atoms with van der Waals surface area (Å²) in [7, 11) is 1.99. The smallest absolute Gasteiger partial charge is 0.267 e. The number of nitrogens with one attached hydrogen (secondary N) is 1. The van der Waals surface area contributed by atoms with Crippen molar-refractivity contribution in [3.63, 3.8) is 0 Å². The standard InChI is InChI=1S/C18H22F2N4O/c1-23(11-14-4-2-13(9-21)3-5-14)15-8-16(22-10-15)17(25)24-7-6-18(19,20)12-24/h2-5,15-16,22H,6-8,10-12H2,1H3/t15-,16-/m0/s1. The van der Waals surface area contributed by atoms with Crippen LogP contribution in [0.5, 0.6) is 0 Å². The quantitative estimate of drug-likeness (QED) is 0.898. The SMILES string of the molecule is CN(Cc1ccc(C#N)cc1)[C@@H]1CN[C@H](C(=O)N2CCC(F)(F)C2)C1. The Hall–Kier alpha value is -2.04. The van der Waals surface area contributed by atoms with Crippen LogP contribution in [0.25, 0.3) is 0 Å². The summed E-state index contributed by atoms with van der Waals surface area (Å²) < 4.78 is 26.6. The number of alkyl halides is 2. The van der Waals surface area contributed by atoms with Crippen LogP contribution >= 0.6 is 0 Å². The first-order valence-corrected chi connectivity index (χ1v) is 8.47. The molecule has 0 aliphatic carbocycles. The van der Waals surface area contributed by atoms with E-state index in [1.807, 2.05) is 19.2 Å². The minimum absolute atomic E-state index is 0.135. The van der Waals surface area contributed by atoms with Gasteiger partial charge in [0.2, 0.25) is 5.91 Å². The predicted octanol–water partition coefficient (Wildman–Crippen LogP) is 1.59. The Morgan fingerprint density at radius 2 is 2.16 bits per heavy atom. The van der Waals surface area contributed by atoms with Crippen LogP contribution in [0, 0.1) is 11.3 Å². The van der Waals surface area contributed by atoms with Gasteiger partial charge in [0.1, 0.15) is 0 Å². The number of carbonyl (C=O) groups excluding carboxylic acids is 1. The molecule has 0 unspecified atom stereocenters. The van der Waals surface area contributed by atoms with Crippen molar-refractivity contribution in [3.05, 3.63) is 35.4 Å². The number of halogens is 2. The molecule has 2 aliphatic rings. The van der Waals surface area contributed by atoms with Gasteiger partial charge in [-0.15, -0.1) is 0 Å². The van der Waals surface area contributed by atoms with E-state index in [4.69, 9.17) is 5.26 Å². The summed E-state index contributed by atoms with van der Waals surface area (Å²) in [6.07, 6.45) is 0.376. The number of rotatable bonds is 4. The molecule has 2 heterocycles. The lowest BCUT2D eigenvalue weighted by molar-refractivity contribution is -0.133. The van der Waals surface area contributed by atoms with Gasteiger partial charge < -0.3 is 10.2 Å². The second-order valence-corrected chi connectivity index (χ2v) is 6.94. The fourth-order valence-corrected chi connectivity index (χ4v) is 3.49. The van der Waals surface area contributed by atoms with Gasteiger partial charge in [-0.3, -0.25) is 9.69 Å². The fourth-order valence-electron chi connectivity index (χ4n) is 3.49. The molecule has 1 aromatic carbocycles. The molecular weight excluding hydrogens is 326 g/mol. The van der Waals surface area contributed by atoms with Crippen molar-refractivity contribution >= 4 is 5.91 Å². The number of hydrogen-bond acceptors (Lipinski definition) is 4. The molecular formula is C18H22F2N4O. The van der Waals surface area contributed by atoms with Crippen LogP contribution in [0.4, 0.5) is 8.78 Å². The molecule has 1 N–H and O–H groups in total. The largest absolute Gasteiger partial charge is 0.335 e. The van der Waals surface area contributed by atoms with Crippen molar-refractivity contribution in [3.8, 4) is 6.07 Å². The monoisotopic (exact) mass is 348 g/mol. The topological polar surface area (TPSA) is 59.4 Å². The zero-order valence-electron chi connectivity index (χ0n) is 14.2. The highest BCUT2D eigenvalue weighted by Gasteiger charge is 2.43. The van der Waals surface area contributed by atoms with Crippen LogP contribution in [0.15, 0.2) is 24.3 Å². The van der Waals surface area contributed by atoms with Gasteiger partial charge in [0.25, 0.3) is 5.92 Å². The number of nitriles is 1. The Labute approximate surface area is 146 Å². The van der Waals surface area contributed by atoms with E-state index in [0.29, 0.717) is 25.1 Å². The molecule has 1 amide bonds. The van der Waals surface area contributed by atoms with Crippen molar-refractivity contribution in [2.75, 3.05) is 26.7 Å². The lowest BCUT2D eigenvalue weighted by Gasteiger charge is -2.24. The van der Waals surface area contributed by atoms with Crippen LogP contribution in [-0.2, 0) is 11.3 Å². The third-order valence-electron chi connectivity index (χ3n) is 5.03. The molecule has 2 atom stereocenters. The predicted molar refractivity (Wildman–Crippen MR) is 89.0 cm³/mol. The van der Waals surface area contributed by atoms with Crippen molar-refractivity contribution < 1.29 is 13.6 Å². The molecule has 7 heteroatoms. The molecule has 2 aliphatic heterocycles. The number of benzene rings is 1. The molecule has 0 aromatic heterocycles. The maximum atomic E-state index is 13.3. The van der Waals surface area contributed by atoms with Crippen LogP contribution in [0.2, 0.25) is 0 Å². The van der Waals surface area contributed by atoms with Gasteiger partial charge in [0.15, 0.2) is 0 Å². The van der Waals surface area contributed by atoms with E-state index in [-0.39, 0.29) is 31.0 Å². The van der Waals surface area contributed by atoms with Crippen molar-refractivity contribution in [2.24, 2.45) is 0 Å².